The molecule has 0 aromatic rings. The van der Waals surface area contributed by atoms with Gasteiger partial charge in [-0.15, -0.1) is 11.8 Å². The SMILES string of the molecule is C1#CCCCCCC1.CC. The van der Waals surface area contributed by atoms with Crippen molar-refractivity contribution >= 4 is 0 Å². The molecule has 0 aromatic carbocycles. The van der Waals surface area contributed by atoms with Gasteiger partial charge in [-0.1, -0.05) is 26.7 Å². The van der Waals surface area contributed by atoms with Gasteiger partial charge in [0.1, 0.15) is 0 Å². The molecule has 1 rings (SSSR count). The quantitative estimate of drug-likeness (QED) is 0.450. The van der Waals surface area contributed by atoms with E-state index in [1.54, 1.807) is 0 Å². The highest BCUT2D eigenvalue weighted by atomic mass is 13.9. The Balaban J connectivity index is 0.000000371. The molecule has 0 spiro atoms. The Morgan fingerprint density at radius 1 is 0.700 bits per heavy atom. The molecule has 10 heavy (non-hydrogen) atoms. The van der Waals surface area contributed by atoms with Crippen LogP contribution in [0, 0.1) is 11.8 Å². The molecule has 0 atom stereocenters. The average Bonchev–Trinajstić information content (AvgIpc) is 1.90. The van der Waals surface area contributed by atoms with Gasteiger partial charge in [-0.05, 0) is 12.8 Å². The van der Waals surface area contributed by atoms with Crippen LogP contribution in [0.4, 0.5) is 0 Å². The van der Waals surface area contributed by atoms with Crippen molar-refractivity contribution in [1.82, 2.24) is 0 Å². The van der Waals surface area contributed by atoms with Crippen LogP contribution in [0.3, 0.4) is 0 Å². The minimum Gasteiger partial charge on any atom is -0.103 e. The van der Waals surface area contributed by atoms with Gasteiger partial charge in [-0.2, -0.15) is 0 Å². The van der Waals surface area contributed by atoms with Gasteiger partial charge in [-0.3, -0.25) is 0 Å². The van der Waals surface area contributed by atoms with Crippen LogP contribution < -0.4 is 0 Å². The van der Waals surface area contributed by atoms with Gasteiger partial charge in [0, 0.05) is 12.8 Å². The number of hydrogen-bond acceptors (Lipinski definition) is 0. The molecule has 0 heteroatoms. The highest BCUT2D eigenvalue weighted by molar-refractivity contribution is 4.99. The third kappa shape index (κ3) is 5.69. The van der Waals surface area contributed by atoms with Crippen LogP contribution in [0.5, 0.6) is 0 Å². The first-order valence-electron chi connectivity index (χ1n) is 4.46. The maximum atomic E-state index is 3.14. The van der Waals surface area contributed by atoms with Crippen molar-refractivity contribution in [3.63, 3.8) is 0 Å². The van der Waals surface area contributed by atoms with Crippen LogP contribution in [0.2, 0.25) is 0 Å². The van der Waals surface area contributed by atoms with Crippen LogP contribution >= 0.6 is 0 Å². The van der Waals surface area contributed by atoms with Crippen LogP contribution in [0.1, 0.15) is 52.4 Å². The van der Waals surface area contributed by atoms with Gasteiger partial charge < -0.3 is 0 Å². The zero-order valence-electron chi connectivity index (χ0n) is 7.24. The summed E-state index contributed by atoms with van der Waals surface area (Å²) in [6.45, 7) is 4.00. The van der Waals surface area contributed by atoms with Crippen molar-refractivity contribution in [2.75, 3.05) is 0 Å². The highest BCUT2D eigenvalue weighted by Gasteiger charge is 1.89. The molecule has 1 aliphatic carbocycles. The Hall–Kier alpha value is -0.440. The summed E-state index contributed by atoms with van der Waals surface area (Å²) >= 11 is 0. The maximum Gasteiger partial charge on any atom is 0.00886 e. The minimum atomic E-state index is 1.14. The van der Waals surface area contributed by atoms with E-state index < -0.39 is 0 Å². The van der Waals surface area contributed by atoms with Crippen molar-refractivity contribution in [1.29, 1.82) is 0 Å². The summed E-state index contributed by atoms with van der Waals surface area (Å²) in [7, 11) is 0. The van der Waals surface area contributed by atoms with E-state index in [1.807, 2.05) is 13.8 Å². The van der Waals surface area contributed by atoms with E-state index in [2.05, 4.69) is 11.8 Å². The molecule has 0 aliphatic heterocycles. The molecule has 0 fully saturated rings. The second-order valence-corrected chi connectivity index (χ2v) is 2.27. The van der Waals surface area contributed by atoms with Gasteiger partial charge in [0.25, 0.3) is 0 Å². The smallest absolute Gasteiger partial charge is 0.00886 e. The monoisotopic (exact) mass is 138 g/mol. The van der Waals surface area contributed by atoms with E-state index >= 15 is 0 Å². The lowest BCUT2D eigenvalue weighted by atomic mass is 10.1. The van der Waals surface area contributed by atoms with Gasteiger partial charge in [0.05, 0.1) is 0 Å². The number of rotatable bonds is 0. The van der Waals surface area contributed by atoms with E-state index in [4.69, 9.17) is 0 Å². The van der Waals surface area contributed by atoms with Crippen molar-refractivity contribution < 1.29 is 0 Å². The molecule has 0 aromatic heterocycles. The summed E-state index contributed by atoms with van der Waals surface area (Å²) in [6.07, 6.45) is 7.73. The second-order valence-electron chi connectivity index (χ2n) is 2.27. The highest BCUT2D eigenvalue weighted by Crippen LogP contribution is 2.06. The minimum absolute atomic E-state index is 1.14. The first kappa shape index (κ1) is 9.56. The Morgan fingerprint density at radius 2 is 1.10 bits per heavy atom. The molecule has 0 saturated heterocycles. The van der Waals surface area contributed by atoms with Gasteiger partial charge in [0.2, 0.25) is 0 Å². The van der Waals surface area contributed by atoms with E-state index in [0.717, 1.165) is 12.8 Å². The lowest BCUT2D eigenvalue weighted by Gasteiger charge is -1.97. The van der Waals surface area contributed by atoms with Crippen LogP contribution in [0.15, 0.2) is 0 Å². The Labute approximate surface area is 65.0 Å². The summed E-state index contributed by atoms with van der Waals surface area (Å²) < 4.78 is 0. The van der Waals surface area contributed by atoms with Gasteiger partial charge in [-0.25, -0.2) is 0 Å². The summed E-state index contributed by atoms with van der Waals surface area (Å²) in [5.41, 5.74) is 0. The first-order valence-corrected chi connectivity index (χ1v) is 4.46. The molecule has 0 unspecified atom stereocenters. The summed E-state index contributed by atoms with van der Waals surface area (Å²) in [5, 5.41) is 0. The Morgan fingerprint density at radius 3 is 1.50 bits per heavy atom. The molecule has 0 radical (unpaired) electrons. The van der Waals surface area contributed by atoms with E-state index in [0.29, 0.717) is 0 Å². The van der Waals surface area contributed by atoms with Gasteiger partial charge in [0.15, 0.2) is 0 Å². The summed E-state index contributed by atoms with van der Waals surface area (Å²) in [4.78, 5) is 0. The summed E-state index contributed by atoms with van der Waals surface area (Å²) in [6, 6.07) is 0. The Bertz CT molecular complexity index is 90.9. The van der Waals surface area contributed by atoms with Gasteiger partial charge >= 0.3 is 0 Å². The fraction of sp³-hybridized carbons (Fsp3) is 0.800. The molecular weight excluding hydrogens is 120 g/mol. The standard InChI is InChI=1S/C8H12.C2H6/c1-2-4-6-8-7-5-3-1;1-2/h1-6H2;1-2H3. The second kappa shape index (κ2) is 8.56. The van der Waals surface area contributed by atoms with Crippen molar-refractivity contribution in [3.8, 4) is 11.8 Å². The van der Waals surface area contributed by atoms with Crippen LogP contribution in [0.25, 0.3) is 0 Å². The molecule has 0 heterocycles. The van der Waals surface area contributed by atoms with Crippen molar-refractivity contribution in [2.24, 2.45) is 0 Å². The van der Waals surface area contributed by atoms with E-state index in [9.17, 15) is 0 Å². The fourth-order valence-electron chi connectivity index (χ4n) is 0.957. The zero-order chi connectivity index (χ0) is 7.66. The zero-order valence-corrected chi connectivity index (χ0v) is 7.24. The van der Waals surface area contributed by atoms with E-state index in [1.165, 1.54) is 25.7 Å². The van der Waals surface area contributed by atoms with E-state index in [-0.39, 0.29) is 0 Å². The van der Waals surface area contributed by atoms with Crippen LogP contribution in [-0.4, -0.2) is 0 Å². The fourth-order valence-corrected chi connectivity index (χ4v) is 0.957. The van der Waals surface area contributed by atoms with Crippen LogP contribution in [-0.2, 0) is 0 Å². The predicted octanol–water partition coefficient (Wildman–Crippen LogP) is 3.37. The van der Waals surface area contributed by atoms with Crippen molar-refractivity contribution in [2.45, 2.75) is 52.4 Å². The lowest BCUT2D eigenvalue weighted by Crippen LogP contribution is -1.80. The predicted molar refractivity (Wildman–Crippen MR) is 46.8 cm³/mol. The topological polar surface area (TPSA) is 0 Å². The average molecular weight is 138 g/mol. The molecular formula is C10H18. The third-order valence-corrected chi connectivity index (χ3v) is 1.48. The Kier molecular flexibility index (Phi) is 8.18. The number of hydrogen-bond donors (Lipinski definition) is 0. The molecule has 0 nitrogen and oxygen atoms in total. The molecule has 0 amide bonds. The third-order valence-electron chi connectivity index (χ3n) is 1.48. The maximum absolute atomic E-state index is 3.14. The first-order chi connectivity index (χ1) is 5.00. The molecule has 58 valence electrons. The lowest BCUT2D eigenvalue weighted by molar-refractivity contribution is 0.652. The van der Waals surface area contributed by atoms with Crippen molar-refractivity contribution in [3.05, 3.63) is 0 Å². The normalized spacial score (nSPS) is 16.6. The molecule has 0 bridgehead atoms. The molecule has 1 aliphatic rings. The largest absolute Gasteiger partial charge is 0.103 e. The summed E-state index contributed by atoms with van der Waals surface area (Å²) in [5.74, 6) is 6.27. The molecule has 0 saturated carbocycles. The molecule has 0 N–H and O–H groups in total.